The van der Waals surface area contributed by atoms with Crippen LogP contribution in [0.2, 0.25) is 0 Å². The van der Waals surface area contributed by atoms with Gasteiger partial charge in [0.2, 0.25) is 0 Å². The predicted molar refractivity (Wildman–Crippen MR) is 116 cm³/mol. The highest BCUT2D eigenvalue weighted by atomic mass is 32.1. The first-order valence-electron chi connectivity index (χ1n) is 10.6. The average Bonchev–Trinajstić information content (AvgIpc) is 3.11. The highest BCUT2D eigenvalue weighted by molar-refractivity contribution is 7.18. The van der Waals surface area contributed by atoms with Gasteiger partial charge in [-0.1, -0.05) is 18.6 Å². The zero-order valence-corrected chi connectivity index (χ0v) is 17.5. The van der Waals surface area contributed by atoms with E-state index in [0.717, 1.165) is 29.5 Å². The summed E-state index contributed by atoms with van der Waals surface area (Å²) in [6, 6.07) is 6.93. The standard InChI is InChI=1S/C23H23N3O3S/c27-21-15-8-4-5-9-16(15)22(28)26(21)13-7-6-12-25-14-24-20-19(23(25)29)17-10-2-1-3-11-18(17)30-20/h4-5,8-9,14H,1-3,6-7,10-13H2. The zero-order chi connectivity index (χ0) is 20.7. The molecule has 3 aromatic rings. The molecule has 0 saturated carbocycles. The molecule has 2 aliphatic rings. The number of aryl methyl sites for hydroxylation is 3. The number of hydrogen-bond donors (Lipinski definition) is 0. The molecule has 0 spiro atoms. The van der Waals surface area contributed by atoms with Crippen LogP contribution in [0, 0.1) is 0 Å². The summed E-state index contributed by atoms with van der Waals surface area (Å²) >= 11 is 1.67. The van der Waals surface area contributed by atoms with Crippen molar-refractivity contribution in [1.29, 1.82) is 0 Å². The number of fused-ring (bicyclic) bond motifs is 4. The molecule has 5 rings (SSSR count). The molecule has 7 heteroatoms. The summed E-state index contributed by atoms with van der Waals surface area (Å²) in [6.07, 6.45) is 8.55. The maximum absolute atomic E-state index is 13.1. The van der Waals surface area contributed by atoms with E-state index in [2.05, 4.69) is 4.98 Å². The van der Waals surface area contributed by atoms with Gasteiger partial charge in [0.1, 0.15) is 4.83 Å². The van der Waals surface area contributed by atoms with Crippen LogP contribution in [-0.2, 0) is 19.4 Å². The summed E-state index contributed by atoms with van der Waals surface area (Å²) in [5, 5.41) is 0.805. The van der Waals surface area contributed by atoms with E-state index in [4.69, 9.17) is 0 Å². The smallest absolute Gasteiger partial charge is 0.262 e. The van der Waals surface area contributed by atoms with Crippen LogP contribution in [0.15, 0.2) is 35.4 Å². The molecule has 6 nitrogen and oxygen atoms in total. The highest BCUT2D eigenvalue weighted by Crippen LogP contribution is 2.32. The first kappa shape index (κ1) is 19.2. The van der Waals surface area contributed by atoms with Crippen molar-refractivity contribution >= 4 is 33.4 Å². The monoisotopic (exact) mass is 421 g/mol. The van der Waals surface area contributed by atoms with Crippen molar-refractivity contribution < 1.29 is 9.59 Å². The van der Waals surface area contributed by atoms with Crippen LogP contribution < -0.4 is 5.56 Å². The third kappa shape index (κ3) is 3.17. The van der Waals surface area contributed by atoms with E-state index in [1.54, 1.807) is 46.5 Å². The van der Waals surface area contributed by atoms with E-state index in [1.807, 2.05) is 0 Å². The fraction of sp³-hybridized carbons (Fsp3) is 0.391. The number of amides is 2. The zero-order valence-electron chi connectivity index (χ0n) is 16.7. The van der Waals surface area contributed by atoms with Gasteiger partial charge in [0.15, 0.2) is 0 Å². The molecule has 1 aliphatic carbocycles. The Balaban J connectivity index is 1.27. The van der Waals surface area contributed by atoms with Crippen molar-refractivity contribution in [1.82, 2.24) is 14.5 Å². The van der Waals surface area contributed by atoms with Crippen molar-refractivity contribution in [2.45, 2.75) is 51.5 Å². The van der Waals surface area contributed by atoms with E-state index in [1.165, 1.54) is 28.2 Å². The molecule has 0 radical (unpaired) electrons. The van der Waals surface area contributed by atoms with Gasteiger partial charge >= 0.3 is 0 Å². The van der Waals surface area contributed by atoms with Crippen molar-refractivity contribution in [2.24, 2.45) is 0 Å². The van der Waals surface area contributed by atoms with Crippen molar-refractivity contribution in [3.63, 3.8) is 0 Å². The van der Waals surface area contributed by atoms with Gasteiger partial charge in [0.05, 0.1) is 22.8 Å². The third-order valence-corrected chi connectivity index (χ3v) is 7.30. The Morgan fingerprint density at radius 3 is 2.37 bits per heavy atom. The number of unbranched alkanes of at least 4 members (excludes halogenated alkanes) is 1. The van der Waals surface area contributed by atoms with Gasteiger partial charge in [0.25, 0.3) is 17.4 Å². The van der Waals surface area contributed by atoms with Gasteiger partial charge in [-0.05, 0) is 56.2 Å². The van der Waals surface area contributed by atoms with E-state index >= 15 is 0 Å². The number of thiophene rings is 1. The minimum absolute atomic E-state index is 0.0418. The Hall–Kier alpha value is -2.80. The Morgan fingerprint density at radius 1 is 0.900 bits per heavy atom. The first-order chi connectivity index (χ1) is 14.6. The predicted octanol–water partition coefficient (Wildman–Crippen LogP) is 3.80. The fourth-order valence-electron chi connectivity index (χ4n) is 4.51. The Morgan fingerprint density at radius 2 is 1.60 bits per heavy atom. The molecule has 0 atom stereocenters. The molecular weight excluding hydrogens is 398 g/mol. The molecule has 3 heterocycles. The second-order valence-corrected chi connectivity index (χ2v) is 9.09. The van der Waals surface area contributed by atoms with Gasteiger partial charge < -0.3 is 0 Å². The SMILES string of the molecule is O=C1c2ccccc2C(=O)N1CCCCn1cnc2sc3c(c2c1=O)CCCCC3. The van der Waals surface area contributed by atoms with E-state index in [9.17, 15) is 14.4 Å². The molecule has 0 saturated heterocycles. The maximum Gasteiger partial charge on any atom is 0.262 e. The topological polar surface area (TPSA) is 72.3 Å². The Bertz CT molecular complexity index is 1180. The number of rotatable bonds is 5. The maximum atomic E-state index is 13.1. The summed E-state index contributed by atoms with van der Waals surface area (Å²) in [4.78, 5) is 46.0. The average molecular weight is 422 g/mol. The molecular formula is C23H23N3O3S. The number of carbonyl (C=O) groups is 2. The summed E-state index contributed by atoms with van der Waals surface area (Å²) in [5.41, 5.74) is 2.21. The summed E-state index contributed by atoms with van der Waals surface area (Å²) in [5.74, 6) is -0.450. The molecule has 154 valence electrons. The minimum atomic E-state index is -0.225. The quantitative estimate of drug-likeness (QED) is 0.357. The molecule has 1 aliphatic heterocycles. The second kappa shape index (κ2) is 7.80. The summed E-state index contributed by atoms with van der Waals surface area (Å²) < 4.78 is 1.68. The lowest BCUT2D eigenvalue weighted by molar-refractivity contribution is 0.0651. The number of nitrogens with zero attached hydrogens (tertiary/aromatic N) is 3. The summed E-state index contributed by atoms with van der Waals surface area (Å²) in [7, 11) is 0. The third-order valence-electron chi connectivity index (χ3n) is 6.10. The normalized spacial score (nSPS) is 16.1. The van der Waals surface area contributed by atoms with Gasteiger partial charge in [0, 0.05) is 18.0 Å². The van der Waals surface area contributed by atoms with Crippen molar-refractivity contribution in [3.8, 4) is 0 Å². The number of imide groups is 1. The second-order valence-electron chi connectivity index (χ2n) is 8.00. The Labute approximate surface area is 178 Å². The minimum Gasteiger partial charge on any atom is -0.299 e. The van der Waals surface area contributed by atoms with Gasteiger partial charge in [-0.25, -0.2) is 4.98 Å². The van der Waals surface area contributed by atoms with Crippen LogP contribution in [0.3, 0.4) is 0 Å². The van der Waals surface area contributed by atoms with Crippen LogP contribution in [0.1, 0.15) is 63.3 Å². The Kier molecular flexibility index (Phi) is 4.98. The number of carbonyl (C=O) groups excluding carboxylic acids is 2. The fourth-order valence-corrected chi connectivity index (χ4v) is 5.73. The van der Waals surface area contributed by atoms with E-state index in [0.29, 0.717) is 37.1 Å². The molecule has 0 unspecified atom stereocenters. The molecule has 0 N–H and O–H groups in total. The van der Waals surface area contributed by atoms with Crippen LogP contribution >= 0.6 is 11.3 Å². The molecule has 2 amide bonds. The lowest BCUT2D eigenvalue weighted by Crippen LogP contribution is -2.31. The van der Waals surface area contributed by atoms with Crippen molar-refractivity contribution in [3.05, 3.63) is 62.5 Å². The largest absolute Gasteiger partial charge is 0.299 e. The summed E-state index contributed by atoms with van der Waals surface area (Å²) in [6.45, 7) is 0.903. The lowest BCUT2D eigenvalue weighted by Gasteiger charge is -2.13. The number of hydrogen-bond acceptors (Lipinski definition) is 5. The number of aromatic nitrogens is 2. The van der Waals surface area contributed by atoms with Crippen LogP contribution in [0.5, 0.6) is 0 Å². The molecule has 2 aromatic heterocycles. The van der Waals surface area contributed by atoms with Crippen molar-refractivity contribution in [2.75, 3.05) is 6.54 Å². The van der Waals surface area contributed by atoms with Gasteiger partial charge in [-0.15, -0.1) is 11.3 Å². The number of benzene rings is 1. The van der Waals surface area contributed by atoms with Crippen LogP contribution in [0.4, 0.5) is 0 Å². The molecule has 30 heavy (non-hydrogen) atoms. The van der Waals surface area contributed by atoms with E-state index < -0.39 is 0 Å². The van der Waals surface area contributed by atoms with Crippen LogP contribution in [0.25, 0.3) is 10.2 Å². The molecule has 1 aromatic carbocycles. The molecule has 0 fully saturated rings. The van der Waals surface area contributed by atoms with Gasteiger partial charge in [-0.3, -0.25) is 23.9 Å². The lowest BCUT2D eigenvalue weighted by atomic mass is 10.1. The first-order valence-corrected chi connectivity index (χ1v) is 11.4. The van der Waals surface area contributed by atoms with Crippen LogP contribution in [-0.4, -0.2) is 32.8 Å². The van der Waals surface area contributed by atoms with E-state index in [-0.39, 0.29) is 17.4 Å². The molecule has 0 bridgehead atoms. The highest BCUT2D eigenvalue weighted by Gasteiger charge is 2.34. The van der Waals surface area contributed by atoms with Gasteiger partial charge in [-0.2, -0.15) is 0 Å².